The van der Waals surface area contributed by atoms with Crippen LogP contribution in [-0.2, 0) is 4.74 Å². The van der Waals surface area contributed by atoms with E-state index >= 15 is 0 Å². The second-order valence-electron chi connectivity index (χ2n) is 3.17. The molecule has 0 aliphatic heterocycles. The Hall–Kier alpha value is -0.810. The lowest BCUT2D eigenvalue weighted by Crippen LogP contribution is -2.39. The van der Waals surface area contributed by atoms with Crippen LogP contribution in [0.15, 0.2) is 0 Å². The number of amides is 2. The zero-order chi connectivity index (χ0) is 11.0. The van der Waals surface area contributed by atoms with Crippen LogP contribution < -0.4 is 10.6 Å². The fourth-order valence-electron chi connectivity index (χ4n) is 0.751. The van der Waals surface area contributed by atoms with Crippen molar-refractivity contribution in [3.05, 3.63) is 0 Å². The lowest BCUT2D eigenvalue weighted by Gasteiger charge is -2.15. The molecule has 0 aliphatic carbocycles. The highest BCUT2D eigenvalue weighted by Crippen LogP contribution is 1.96. The molecule has 2 amide bonds. The molecule has 0 fully saturated rings. The Morgan fingerprint density at radius 1 is 1.57 bits per heavy atom. The van der Waals surface area contributed by atoms with Gasteiger partial charge in [0.05, 0.1) is 18.8 Å². The second kappa shape index (κ2) is 7.58. The Morgan fingerprint density at radius 3 is 2.71 bits per heavy atom. The maximum atomic E-state index is 10.7. The molecule has 0 saturated carbocycles. The van der Waals surface area contributed by atoms with E-state index in [1.165, 1.54) is 7.05 Å². The van der Waals surface area contributed by atoms with Gasteiger partial charge in [-0.25, -0.2) is 4.79 Å². The van der Waals surface area contributed by atoms with Crippen molar-refractivity contribution in [2.24, 2.45) is 0 Å². The number of aliphatic hydroxyl groups is 1. The van der Waals surface area contributed by atoms with Crippen LogP contribution >= 0.6 is 0 Å². The monoisotopic (exact) mass is 204 g/mol. The van der Waals surface area contributed by atoms with Crippen LogP contribution in [0.5, 0.6) is 0 Å². The van der Waals surface area contributed by atoms with Gasteiger partial charge in [-0.2, -0.15) is 0 Å². The van der Waals surface area contributed by atoms with Crippen molar-refractivity contribution in [1.82, 2.24) is 10.6 Å². The summed E-state index contributed by atoms with van der Waals surface area (Å²) in [6.07, 6.45) is 0.404. The number of hydrogen-bond donors (Lipinski definition) is 3. The highest BCUT2D eigenvalue weighted by atomic mass is 16.5. The predicted octanol–water partition coefficient (Wildman–Crippen LogP) is 0.0914. The van der Waals surface area contributed by atoms with E-state index in [1.54, 1.807) is 0 Å². The first-order chi connectivity index (χ1) is 6.60. The van der Waals surface area contributed by atoms with Crippen molar-refractivity contribution in [3.8, 4) is 0 Å². The molecule has 0 aliphatic rings. The number of urea groups is 1. The first-order valence-corrected chi connectivity index (χ1v) is 4.85. The normalized spacial score (nSPS) is 14.6. The molecule has 84 valence electrons. The number of carbonyl (C=O) groups excluding carboxylic acids is 1. The van der Waals surface area contributed by atoms with Gasteiger partial charge in [-0.05, 0) is 13.3 Å². The van der Waals surface area contributed by atoms with E-state index in [-0.39, 0.29) is 25.3 Å². The molecule has 0 heterocycles. The highest BCUT2D eigenvalue weighted by molar-refractivity contribution is 5.73. The summed E-state index contributed by atoms with van der Waals surface area (Å²) in [5, 5.41) is 14.3. The van der Waals surface area contributed by atoms with Crippen LogP contribution in [0.2, 0.25) is 0 Å². The van der Waals surface area contributed by atoms with E-state index < -0.39 is 6.10 Å². The maximum Gasteiger partial charge on any atom is 0.314 e. The summed E-state index contributed by atoms with van der Waals surface area (Å²) in [6.45, 7) is 4.41. The van der Waals surface area contributed by atoms with Crippen LogP contribution in [-0.4, -0.2) is 43.5 Å². The molecular weight excluding hydrogens is 184 g/mol. The molecule has 5 nitrogen and oxygen atoms in total. The van der Waals surface area contributed by atoms with Crippen LogP contribution in [0.1, 0.15) is 20.3 Å². The van der Waals surface area contributed by atoms with Crippen LogP contribution in [0.25, 0.3) is 0 Å². The third-order valence-electron chi connectivity index (χ3n) is 1.87. The molecule has 0 rings (SSSR count). The molecule has 0 bridgehead atoms. The molecule has 0 radical (unpaired) electrons. The minimum absolute atomic E-state index is 0.143. The number of rotatable bonds is 6. The van der Waals surface area contributed by atoms with Gasteiger partial charge < -0.3 is 20.5 Å². The van der Waals surface area contributed by atoms with E-state index in [9.17, 15) is 9.90 Å². The number of aliphatic hydroxyl groups excluding tert-OH is 1. The molecule has 14 heavy (non-hydrogen) atoms. The molecule has 0 aromatic rings. The molecule has 0 saturated heterocycles. The fourth-order valence-corrected chi connectivity index (χ4v) is 0.751. The van der Waals surface area contributed by atoms with Crippen molar-refractivity contribution in [2.75, 3.05) is 20.2 Å². The summed E-state index contributed by atoms with van der Waals surface area (Å²) >= 11 is 0. The van der Waals surface area contributed by atoms with Crippen molar-refractivity contribution in [1.29, 1.82) is 0 Å². The SMILES string of the molecule is CCC(C)OCC(O)CNC(=O)NC. The van der Waals surface area contributed by atoms with Gasteiger partial charge in [0, 0.05) is 13.6 Å². The second-order valence-corrected chi connectivity index (χ2v) is 3.17. The molecule has 0 aromatic carbocycles. The first-order valence-electron chi connectivity index (χ1n) is 4.85. The van der Waals surface area contributed by atoms with Gasteiger partial charge in [-0.15, -0.1) is 0 Å². The van der Waals surface area contributed by atoms with Gasteiger partial charge >= 0.3 is 6.03 Å². The molecule has 2 atom stereocenters. The zero-order valence-electron chi connectivity index (χ0n) is 9.04. The van der Waals surface area contributed by atoms with Gasteiger partial charge in [-0.3, -0.25) is 0 Å². The molecular formula is C9H20N2O3. The van der Waals surface area contributed by atoms with Crippen molar-refractivity contribution in [2.45, 2.75) is 32.5 Å². The Kier molecular flexibility index (Phi) is 7.14. The third-order valence-corrected chi connectivity index (χ3v) is 1.87. The molecule has 0 aromatic heterocycles. The van der Waals surface area contributed by atoms with E-state index in [4.69, 9.17) is 4.74 Å². The van der Waals surface area contributed by atoms with Crippen LogP contribution in [0, 0.1) is 0 Å². The Bertz CT molecular complexity index is 164. The van der Waals surface area contributed by atoms with E-state index in [2.05, 4.69) is 10.6 Å². The minimum Gasteiger partial charge on any atom is -0.389 e. The van der Waals surface area contributed by atoms with E-state index in [1.807, 2.05) is 13.8 Å². The number of ether oxygens (including phenoxy) is 1. The van der Waals surface area contributed by atoms with Gasteiger partial charge in [-0.1, -0.05) is 6.92 Å². The molecule has 2 unspecified atom stereocenters. The summed E-state index contributed by atoms with van der Waals surface area (Å²) in [7, 11) is 1.53. The highest BCUT2D eigenvalue weighted by Gasteiger charge is 2.07. The number of hydrogen-bond acceptors (Lipinski definition) is 3. The Balaban J connectivity index is 3.45. The topological polar surface area (TPSA) is 70.6 Å². The average Bonchev–Trinajstić information content (AvgIpc) is 2.22. The molecule has 5 heteroatoms. The lowest BCUT2D eigenvalue weighted by molar-refractivity contribution is -0.00125. The largest absolute Gasteiger partial charge is 0.389 e. The lowest BCUT2D eigenvalue weighted by atomic mass is 10.3. The Labute approximate surface area is 84.8 Å². The third kappa shape index (κ3) is 6.68. The average molecular weight is 204 g/mol. The number of nitrogens with one attached hydrogen (secondary N) is 2. The van der Waals surface area contributed by atoms with Gasteiger partial charge in [0.15, 0.2) is 0 Å². The maximum absolute atomic E-state index is 10.7. The molecule has 0 spiro atoms. The summed E-state index contributed by atoms with van der Waals surface area (Å²) in [6, 6.07) is -0.299. The summed E-state index contributed by atoms with van der Waals surface area (Å²) < 4.78 is 5.30. The fraction of sp³-hybridized carbons (Fsp3) is 0.889. The van der Waals surface area contributed by atoms with Crippen molar-refractivity contribution < 1.29 is 14.6 Å². The summed E-state index contributed by atoms with van der Waals surface area (Å²) in [5.41, 5.74) is 0. The van der Waals surface area contributed by atoms with Crippen LogP contribution in [0.3, 0.4) is 0 Å². The standard InChI is InChI=1S/C9H20N2O3/c1-4-7(2)14-6-8(12)5-11-9(13)10-3/h7-8,12H,4-6H2,1-3H3,(H2,10,11,13). The van der Waals surface area contributed by atoms with Crippen molar-refractivity contribution in [3.63, 3.8) is 0 Å². The van der Waals surface area contributed by atoms with Gasteiger partial charge in [0.25, 0.3) is 0 Å². The smallest absolute Gasteiger partial charge is 0.314 e. The van der Waals surface area contributed by atoms with Gasteiger partial charge in [0.2, 0.25) is 0 Å². The predicted molar refractivity (Wildman–Crippen MR) is 54.2 cm³/mol. The van der Waals surface area contributed by atoms with Crippen LogP contribution in [0.4, 0.5) is 4.79 Å². The quantitative estimate of drug-likeness (QED) is 0.574. The summed E-state index contributed by atoms with van der Waals surface area (Å²) in [5.74, 6) is 0. The number of carbonyl (C=O) groups is 1. The van der Waals surface area contributed by atoms with E-state index in [0.717, 1.165) is 6.42 Å². The zero-order valence-corrected chi connectivity index (χ0v) is 9.04. The first kappa shape index (κ1) is 13.2. The summed E-state index contributed by atoms with van der Waals surface area (Å²) in [4.78, 5) is 10.7. The Morgan fingerprint density at radius 2 is 2.21 bits per heavy atom. The minimum atomic E-state index is -0.652. The van der Waals surface area contributed by atoms with Crippen molar-refractivity contribution >= 4 is 6.03 Å². The van der Waals surface area contributed by atoms with Gasteiger partial charge in [0.1, 0.15) is 0 Å². The molecule has 3 N–H and O–H groups in total. The van der Waals surface area contributed by atoms with E-state index in [0.29, 0.717) is 0 Å².